The highest BCUT2D eigenvalue weighted by Crippen LogP contribution is 2.34. The molecular formula is C10H17NO4. The third kappa shape index (κ3) is 3.60. The molecular weight excluding hydrogens is 198 g/mol. The van der Waals surface area contributed by atoms with Crippen molar-refractivity contribution in [1.29, 1.82) is 0 Å². The highest BCUT2D eigenvalue weighted by atomic mass is 16.7. The zero-order valence-corrected chi connectivity index (χ0v) is 8.93. The molecule has 1 fully saturated rings. The number of methoxy groups -OCH3 is 1. The van der Waals surface area contributed by atoms with Crippen molar-refractivity contribution in [3.8, 4) is 0 Å². The molecule has 5 heteroatoms. The molecule has 0 unspecified atom stereocenters. The molecule has 0 aromatic heterocycles. The minimum absolute atomic E-state index is 0.00350. The molecule has 15 heavy (non-hydrogen) atoms. The molecule has 0 N–H and O–H groups in total. The van der Waals surface area contributed by atoms with E-state index >= 15 is 0 Å². The first kappa shape index (κ1) is 12.1. The lowest BCUT2D eigenvalue weighted by Crippen LogP contribution is -2.17. The summed E-state index contributed by atoms with van der Waals surface area (Å²) in [5.41, 5.74) is 0. The van der Waals surface area contributed by atoms with E-state index in [9.17, 15) is 10.1 Å². The van der Waals surface area contributed by atoms with Crippen molar-refractivity contribution in [2.75, 3.05) is 20.4 Å². The molecule has 86 valence electrons. The monoisotopic (exact) mass is 215 g/mol. The first-order valence-electron chi connectivity index (χ1n) is 5.02. The van der Waals surface area contributed by atoms with Crippen LogP contribution in [0.2, 0.25) is 0 Å². The van der Waals surface area contributed by atoms with Crippen molar-refractivity contribution in [2.24, 2.45) is 11.8 Å². The number of hydrogen-bond donors (Lipinski definition) is 0. The minimum Gasteiger partial charge on any atom is -0.359 e. The molecule has 0 amide bonds. The van der Waals surface area contributed by atoms with E-state index in [0.717, 1.165) is 12.8 Å². The van der Waals surface area contributed by atoms with Crippen LogP contribution >= 0.6 is 0 Å². The third-order valence-corrected chi connectivity index (χ3v) is 2.81. The molecule has 0 saturated heterocycles. The summed E-state index contributed by atoms with van der Waals surface area (Å²) >= 11 is 0. The molecule has 0 heterocycles. The zero-order valence-electron chi connectivity index (χ0n) is 8.93. The predicted molar refractivity (Wildman–Crippen MR) is 55.0 cm³/mol. The highest BCUT2D eigenvalue weighted by molar-refractivity contribution is 4.93. The SMILES string of the molecule is C=C[C@@H]1C[C@H](OCOC)C[C@H]1C[N+](=O)[O-]. The Bertz CT molecular complexity index is 231. The number of nitrogens with zero attached hydrogens (tertiary/aromatic N) is 1. The first-order valence-corrected chi connectivity index (χ1v) is 5.02. The largest absolute Gasteiger partial charge is 0.359 e. The van der Waals surface area contributed by atoms with Crippen LogP contribution in [-0.4, -0.2) is 31.5 Å². The number of allylic oxidation sites excluding steroid dienone is 1. The number of ether oxygens (including phenoxy) is 2. The van der Waals surface area contributed by atoms with E-state index in [-0.39, 0.29) is 36.2 Å². The van der Waals surface area contributed by atoms with E-state index < -0.39 is 0 Å². The van der Waals surface area contributed by atoms with Gasteiger partial charge in [0, 0.05) is 18.0 Å². The van der Waals surface area contributed by atoms with Gasteiger partial charge >= 0.3 is 0 Å². The number of rotatable bonds is 6. The van der Waals surface area contributed by atoms with Gasteiger partial charge in [-0.05, 0) is 18.8 Å². The second-order valence-electron chi connectivity index (χ2n) is 3.84. The van der Waals surface area contributed by atoms with Crippen LogP contribution in [0, 0.1) is 22.0 Å². The Balaban J connectivity index is 2.43. The van der Waals surface area contributed by atoms with Crippen molar-refractivity contribution < 1.29 is 14.4 Å². The molecule has 0 radical (unpaired) electrons. The average Bonchev–Trinajstić information content (AvgIpc) is 2.56. The second kappa shape index (κ2) is 5.82. The Kier molecular flexibility index (Phi) is 4.71. The van der Waals surface area contributed by atoms with Gasteiger partial charge in [-0.1, -0.05) is 6.08 Å². The smallest absolute Gasteiger partial charge is 0.207 e. The highest BCUT2D eigenvalue weighted by Gasteiger charge is 2.35. The summed E-state index contributed by atoms with van der Waals surface area (Å²) in [5.74, 6) is 0.247. The van der Waals surface area contributed by atoms with Crippen LogP contribution < -0.4 is 0 Å². The van der Waals surface area contributed by atoms with Gasteiger partial charge in [0.25, 0.3) is 0 Å². The topological polar surface area (TPSA) is 61.6 Å². The molecule has 5 nitrogen and oxygen atoms in total. The molecule has 1 aliphatic carbocycles. The van der Waals surface area contributed by atoms with Crippen molar-refractivity contribution in [3.63, 3.8) is 0 Å². The molecule has 0 aromatic carbocycles. The normalized spacial score (nSPS) is 30.3. The van der Waals surface area contributed by atoms with E-state index in [1.165, 1.54) is 0 Å². The second-order valence-corrected chi connectivity index (χ2v) is 3.84. The fourth-order valence-corrected chi connectivity index (χ4v) is 2.10. The van der Waals surface area contributed by atoms with Crippen LogP contribution in [0.1, 0.15) is 12.8 Å². The fraction of sp³-hybridized carbons (Fsp3) is 0.800. The van der Waals surface area contributed by atoms with Crippen molar-refractivity contribution >= 4 is 0 Å². The summed E-state index contributed by atoms with van der Waals surface area (Å²) in [6.45, 7) is 3.96. The van der Waals surface area contributed by atoms with Gasteiger partial charge in [0.05, 0.1) is 6.10 Å². The maximum absolute atomic E-state index is 10.4. The van der Waals surface area contributed by atoms with E-state index in [4.69, 9.17) is 9.47 Å². The van der Waals surface area contributed by atoms with Gasteiger partial charge in [0.2, 0.25) is 6.54 Å². The maximum Gasteiger partial charge on any atom is 0.207 e. The lowest BCUT2D eigenvalue weighted by atomic mass is 9.97. The Hall–Kier alpha value is -0.940. The Morgan fingerprint density at radius 3 is 2.87 bits per heavy atom. The number of nitro groups is 1. The molecule has 0 aliphatic heterocycles. The summed E-state index contributed by atoms with van der Waals surface area (Å²) in [6.07, 6.45) is 3.40. The predicted octanol–water partition coefficient (Wildman–Crippen LogP) is 1.46. The van der Waals surface area contributed by atoms with Gasteiger partial charge < -0.3 is 9.47 Å². The maximum atomic E-state index is 10.4. The van der Waals surface area contributed by atoms with Gasteiger partial charge in [-0.25, -0.2) is 0 Å². The third-order valence-electron chi connectivity index (χ3n) is 2.81. The van der Waals surface area contributed by atoms with Crippen LogP contribution in [0.15, 0.2) is 12.7 Å². The molecule has 1 rings (SSSR count). The molecule has 1 aliphatic rings. The van der Waals surface area contributed by atoms with Gasteiger partial charge in [0.1, 0.15) is 6.79 Å². The van der Waals surface area contributed by atoms with Crippen LogP contribution in [-0.2, 0) is 9.47 Å². The van der Waals surface area contributed by atoms with Crippen molar-refractivity contribution in [3.05, 3.63) is 22.8 Å². The molecule has 3 atom stereocenters. The standard InChI is InChI=1S/C10H17NO4/c1-3-8-4-10(15-7-14-2)5-9(8)6-11(12)13/h3,8-10H,1,4-7H2,2H3/t8-,9+,10+/m1/s1. The summed E-state index contributed by atoms with van der Waals surface area (Å²) < 4.78 is 10.2. The lowest BCUT2D eigenvalue weighted by Gasteiger charge is -2.09. The van der Waals surface area contributed by atoms with E-state index in [1.807, 2.05) is 0 Å². The minimum atomic E-state index is -0.264. The first-order chi connectivity index (χ1) is 7.17. The number of hydrogen-bond acceptors (Lipinski definition) is 4. The molecule has 0 aromatic rings. The average molecular weight is 215 g/mol. The Morgan fingerprint density at radius 2 is 2.33 bits per heavy atom. The summed E-state index contributed by atoms with van der Waals surface area (Å²) in [7, 11) is 1.56. The molecule has 1 saturated carbocycles. The van der Waals surface area contributed by atoms with Crippen molar-refractivity contribution in [1.82, 2.24) is 0 Å². The summed E-state index contributed by atoms with van der Waals surface area (Å²) in [6, 6.07) is 0. The summed E-state index contributed by atoms with van der Waals surface area (Å²) in [5, 5.41) is 10.4. The van der Waals surface area contributed by atoms with Crippen LogP contribution in [0.25, 0.3) is 0 Å². The quantitative estimate of drug-likeness (QED) is 0.291. The van der Waals surface area contributed by atoms with Crippen LogP contribution in [0.4, 0.5) is 0 Å². The van der Waals surface area contributed by atoms with Crippen molar-refractivity contribution in [2.45, 2.75) is 18.9 Å². The van der Waals surface area contributed by atoms with Gasteiger partial charge in [-0.3, -0.25) is 10.1 Å². The zero-order chi connectivity index (χ0) is 11.3. The van der Waals surface area contributed by atoms with Crippen LogP contribution in [0.3, 0.4) is 0 Å². The van der Waals surface area contributed by atoms with Gasteiger partial charge in [-0.15, -0.1) is 6.58 Å². The lowest BCUT2D eigenvalue weighted by molar-refractivity contribution is -0.489. The summed E-state index contributed by atoms with van der Waals surface area (Å²) in [4.78, 5) is 10.2. The fourth-order valence-electron chi connectivity index (χ4n) is 2.10. The van der Waals surface area contributed by atoms with E-state index in [1.54, 1.807) is 13.2 Å². The van der Waals surface area contributed by atoms with Crippen LogP contribution in [0.5, 0.6) is 0 Å². The van der Waals surface area contributed by atoms with Gasteiger partial charge in [0.15, 0.2) is 0 Å². The Labute approximate surface area is 89.2 Å². The van der Waals surface area contributed by atoms with E-state index in [0.29, 0.717) is 0 Å². The van der Waals surface area contributed by atoms with E-state index in [2.05, 4.69) is 6.58 Å². The van der Waals surface area contributed by atoms with Gasteiger partial charge in [-0.2, -0.15) is 0 Å². The Morgan fingerprint density at radius 1 is 1.60 bits per heavy atom. The molecule has 0 bridgehead atoms. The molecule has 0 spiro atoms.